The van der Waals surface area contributed by atoms with Crippen LogP contribution in [-0.4, -0.2) is 141 Å². The summed E-state index contributed by atoms with van der Waals surface area (Å²) in [5.74, 6) is -7.91. The lowest BCUT2D eigenvalue weighted by molar-refractivity contribution is -0.265. The number of esters is 1. The Morgan fingerprint density at radius 3 is 2.33 bits per heavy atom. The SMILES string of the molecule is COC1C(=O)C(C)C[C@H](C)C=CC=CC=C(C)[C@@H](OC)C[C@@H]2CC[C@@H](C)[C@@](O)(O2)C(=O)C(=O)N2CCCC[C@H]2C(=O)O[C@H]([C@H](C)C[C@@H]2CCC(n3ncnn3)[C@H](OC)C2)CC(=O)C(C)=CC(C)[C@H]1O. The van der Waals surface area contributed by atoms with E-state index >= 15 is 0 Å². The van der Waals surface area contributed by atoms with Gasteiger partial charge in [0, 0.05) is 58.5 Å². The lowest BCUT2D eigenvalue weighted by Gasteiger charge is -2.42. The zero-order valence-corrected chi connectivity index (χ0v) is 42.5. The molecule has 0 radical (unpaired) electrons. The van der Waals surface area contributed by atoms with Gasteiger partial charge in [-0.1, -0.05) is 71.1 Å². The molecule has 17 nitrogen and oxygen atoms in total. The third-order valence-corrected chi connectivity index (χ3v) is 15.2. The first-order valence-electron chi connectivity index (χ1n) is 25.0. The second-order valence-electron chi connectivity index (χ2n) is 20.4. The van der Waals surface area contributed by atoms with Crippen LogP contribution in [0.2, 0.25) is 0 Å². The van der Waals surface area contributed by atoms with Crippen molar-refractivity contribution in [2.75, 3.05) is 27.9 Å². The fourth-order valence-corrected chi connectivity index (χ4v) is 10.7. The van der Waals surface area contributed by atoms with E-state index in [9.17, 15) is 34.2 Å². The van der Waals surface area contributed by atoms with Crippen molar-refractivity contribution >= 4 is 29.2 Å². The van der Waals surface area contributed by atoms with Gasteiger partial charge < -0.3 is 38.8 Å². The van der Waals surface area contributed by atoms with E-state index < -0.39 is 77.8 Å². The predicted octanol–water partition coefficient (Wildman–Crippen LogP) is 6.05. The molecule has 4 heterocycles. The molecule has 0 spiro atoms. The van der Waals surface area contributed by atoms with Gasteiger partial charge in [0.25, 0.3) is 11.7 Å². The Morgan fingerprint density at radius 1 is 0.899 bits per heavy atom. The molecule has 0 aromatic carbocycles. The molecule has 2 saturated heterocycles. The van der Waals surface area contributed by atoms with Crippen molar-refractivity contribution in [3.05, 3.63) is 53.9 Å². The Balaban J connectivity index is 1.46. The topological polar surface area (TPSA) is 219 Å². The number of nitrogens with zero attached hydrogens (tertiary/aromatic N) is 5. The summed E-state index contributed by atoms with van der Waals surface area (Å²) in [7, 11) is 4.62. The molecule has 1 saturated carbocycles. The lowest BCUT2D eigenvalue weighted by Crippen LogP contribution is -2.61. The number of fused-ring (bicyclic) bond motifs is 3. The van der Waals surface area contributed by atoms with Crippen molar-refractivity contribution in [1.29, 1.82) is 0 Å². The minimum absolute atomic E-state index is 0.0195. The van der Waals surface area contributed by atoms with E-state index in [2.05, 4.69) is 15.4 Å². The Morgan fingerprint density at radius 2 is 1.65 bits per heavy atom. The van der Waals surface area contributed by atoms with Crippen molar-refractivity contribution in [3.8, 4) is 0 Å². The van der Waals surface area contributed by atoms with Gasteiger partial charge in [-0.15, -0.1) is 10.2 Å². The highest BCUT2D eigenvalue weighted by molar-refractivity contribution is 6.39. The number of carbonyl (C=O) groups excluding carboxylic acids is 5. The lowest BCUT2D eigenvalue weighted by atomic mass is 9.78. The number of ketones is 3. The van der Waals surface area contributed by atoms with Gasteiger partial charge in [-0.05, 0) is 112 Å². The number of carbonyl (C=O) groups is 5. The Bertz CT molecular complexity index is 2020. The smallest absolute Gasteiger partial charge is 0.329 e. The minimum atomic E-state index is -2.43. The summed E-state index contributed by atoms with van der Waals surface area (Å²) in [5, 5.41) is 35.7. The van der Waals surface area contributed by atoms with E-state index in [1.165, 1.54) is 18.3 Å². The second kappa shape index (κ2) is 25.7. The third kappa shape index (κ3) is 14.2. The summed E-state index contributed by atoms with van der Waals surface area (Å²) in [5.41, 5.74) is 1.20. The number of cyclic esters (lactones) is 1. The van der Waals surface area contributed by atoms with Gasteiger partial charge in [-0.25, -0.2) is 4.79 Å². The Labute approximate surface area is 408 Å². The molecule has 1 amide bonds. The highest BCUT2D eigenvalue weighted by atomic mass is 16.6. The maximum absolute atomic E-state index is 14.5. The van der Waals surface area contributed by atoms with Crippen LogP contribution in [0.15, 0.2) is 53.9 Å². The van der Waals surface area contributed by atoms with Crippen LogP contribution in [-0.2, 0) is 47.7 Å². The Hall–Kier alpha value is -4.26. The van der Waals surface area contributed by atoms with E-state index in [0.717, 1.165) is 18.4 Å². The molecule has 2 bridgehead atoms. The van der Waals surface area contributed by atoms with Crippen molar-refractivity contribution in [1.82, 2.24) is 25.1 Å². The second-order valence-corrected chi connectivity index (χ2v) is 20.4. The fourth-order valence-electron chi connectivity index (χ4n) is 10.7. The Kier molecular flexibility index (Phi) is 20.8. The largest absolute Gasteiger partial charge is 0.460 e. The molecular weight excluding hydrogens is 887 g/mol. The van der Waals surface area contributed by atoms with Crippen molar-refractivity contribution < 1.29 is 57.9 Å². The van der Waals surface area contributed by atoms with E-state index in [4.69, 9.17) is 23.7 Å². The number of aliphatic hydroxyl groups excluding tert-OH is 1. The van der Waals surface area contributed by atoms with Gasteiger partial charge in [0.2, 0.25) is 5.79 Å². The summed E-state index contributed by atoms with van der Waals surface area (Å²) < 4.78 is 29.9. The summed E-state index contributed by atoms with van der Waals surface area (Å²) in [6.45, 7) is 12.8. The zero-order valence-electron chi connectivity index (χ0n) is 42.5. The normalized spacial score (nSPS) is 36.3. The first-order valence-corrected chi connectivity index (χ1v) is 25.0. The molecule has 3 fully saturated rings. The van der Waals surface area contributed by atoms with Crippen molar-refractivity contribution in [2.24, 2.45) is 35.5 Å². The number of hydrogen-bond acceptors (Lipinski definition) is 15. The van der Waals surface area contributed by atoms with Crippen LogP contribution in [0.3, 0.4) is 0 Å². The molecular formula is C52H79N5O12. The summed E-state index contributed by atoms with van der Waals surface area (Å²) in [4.78, 5) is 73.9. The quantitative estimate of drug-likeness (QED) is 0.235. The van der Waals surface area contributed by atoms with Gasteiger partial charge in [0.05, 0.1) is 30.5 Å². The van der Waals surface area contributed by atoms with Gasteiger partial charge in [-0.3, -0.25) is 19.2 Å². The van der Waals surface area contributed by atoms with Crippen molar-refractivity contribution in [2.45, 2.75) is 180 Å². The molecule has 69 heavy (non-hydrogen) atoms. The first kappa shape index (κ1) is 55.7. The van der Waals surface area contributed by atoms with Gasteiger partial charge >= 0.3 is 5.97 Å². The van der Waals surface area contributed by atoms with Gasteiger partial charge in [0.1, 0.15) is 18.2 Å². The van der Waals surface area contributed by atoms with E-state index in [-0.39, 0.29) is 60.9 Å². The molecule has 5 rings (SSSR count). The van der Waals surface area contributed by atoms with Crippen LogP contribution >= 0.6 is 0 Å². The average molecular weight is 966 g/mol. The molecule has 4 unspecified atom stereocenters. The highest BCUT2D eigenvalue weighted by Crippen LogP contribution is 2.39. The number of ether oxygens (including phenoxy) is 5. The van der Waals surface area contributed by atoms with Crippen LogP contribution < -0.4 is 0 Å². The number of aliphatic hydroxyl groups is 2. The number of allylic oxidation sites excluding steroid dienone is 6. The standard InChI is InChI=1S/C52H79N5O12/c1-31-16-12-11-13-17-32(2)43(65-8)28-39-21-19-37(7)52(64,69-39)49(61)50(62)56-23-15-14-18-41(56)51(63)68-44(34(4)26-38-20-22-40(45(27-38)66-9)57-54-30-53-55-57)29-42(58)33(3)25-36(6)47(60)48(67-10)46(59)35(5)24-31/h11-13,16-17,25,30-31,34-41,43-45,47-48,60,64H,14-15,18-24,26-29H2,1-10H3/t31-,34-,35?,36?,37-,38+,39+,40?,41+,43+,44+,45-,47-,48?,52-/m1/s1. The molecule has 1 aliphatic carbocycles. The number of amides is 1. The van der Waals surface area contributed by atoms with E-state index in [1.54, 1.807) is 45.9 Å². The number of rotatable bonds is 7. The zero-order chi connectivity index (χ0) is 50.6. The minimum Gasteiger partial charge on any atom is -0.460 e. The van der Waals surface area contributed by atoms with Crippen LogP contribution in [0, 0.1) is 35.5 Å². The molecule has 15 atom stereocenters. The van der Waals surface area contributed by atoms with Crippen LogP contribution in [0.4, 0.5) is 0 Å². The molecule has 1 aromatic heterocycles. The molecule has 17 heteroatoms. The molecule has 3 aliphatic heterocycles. The summed E-state index contributed by atoms with van der Waals surface area (Å²) in [6, 6.07) is -1.25. The number of aromatic nitrogens is 4. The first-order chi connectivity index (χ1) is 32.8. The number of Topliss-reactive ketones (excluding diaryl/α,β-unsaturated/α-hetero) is 3. The third-order valence-electron chi connectivity index (χ3n) is 15.2. The molecule has 1 aromatic rings. The number of tetrazole rings is 1. The van der Waals surface area contributed by atoms with Crippen LogP contribution in [0.25, 0.3) is 0 Å². The van der Waals surface area contributed by atoms with Gasteiger partial charge in [0.15, 0.2) is 17.9 Å². The molecule has 4 aliphatic rings. The average Bonchev–Trinajstić information content (AvgIpc) is 3.88. The van der Waals surface area contributed by atoms with Crippen LogP contribution in [0.1, 0.15) is 132 Å². The maximum atomic E-state index is 14.5. The fraction of sp³-hybridized carbons (Fsp3) is 0.731. The molecule has 384 valence electrons. The van der Waals surface area contributed by atoms with Gasteiger partial charge in [-0.2, -0.15) is 4.80 Å². The predicted molar refractivity (Wildman–Crippen MR) is 256 cm³/mol. The molecule has 2 N–H and O–H groups in total. The monoisotopic (exact) mass is 966 g/mol. The number of methoxy groups -OCH3 is 3. The summed E-state index contributed by atoms with van der Waals surface area (Å²) >= 11 is 0. The highest BCUT2D eigenvalue weighted by Gasteiger charge is 2.53. The van der Waals surface area contributed by atoms with E-state index in [0.29, 0.717) is 56.9 Å². The van der Waals surface area contributed by atoms with E-state index in [1.807, 2.05) is 58.1 Å². The maximum Gasteiger partial charge on any atom is 0.329 e. The van der Waals surface area contributed by atoms with Crippen LogP contribution in [0.5, 0.6) is 0 Å². The summed E-state index contributed by atoms with van der Waals surface area (Å²) in [6.07, 6.45) is 13.7. The number of piperidine rings is 1. The number of hydrogen-bond donors (Lipinski definition) is 2. The van der Waals surface area contributed by atoms with Crippen molar-refractivity contribution in [3.63, 3.8) is 0 Å².